The van der Waals surface area contributed by atoms with Crippen molar-refractivity contribution in [2.75, 3.05) is 6.61 Å². The number of nitrogens with zero attached hydrogens (tertiary/aromatic N) is 1. The number of nitrogens with one attached hydrogen (secondary N) is 2. The van der Waals surface area contributed by atoms with Gasteiger partial charge in [0.25, 0.3) is 11.8 Å². The highest BCUT2D eigenvalue weighted by molar-refractivity contribution is 7.11. The van der Waals surface area contributed by atoms with Crippen molar-refractivity contribution in [1.29, 1.82) is 0 Å². The zero-order valence-corrected chi connectivity index (χ0v) is 15.0. The quantitative estimate of drug-likeness (QED) is 0.833. The average molecular weight is 347 g/mol. The Kier molecular flexibility index (Phi) is 5.56. The molecular weight excluding hydrogens is 326 g/mol. The first-order valence-electron chi connectivity index (χ1n) is 7.50. The fourth-order valence-corrected chi connectivity index (χ4v) is 2.64. The molecule has 2 rings (SSSR count). The number of benzene rings is 1. The van der Waals surface area contributed by atoms with Gasteiger partial charge in [-0.2, -0.15) is 0 Å². The van der Waals surface area contributed by atoms with E-state index >= 15 is 0 Å². The van der Waals surface area contributed by atoms with E-state index in [1.165, 1.54) is 16.9 Å². The Morgan fingerprint density at radius 1 is 1.17 bits per heavy atom. The van der Waals surface area contributed by atoms with Crippen molar-refractivity contribution < 1.29 is 14.3 Å². The van der Waals surface area contributed by atoms with Crippen molar-refractivity contribution in [3.63, 3.8) is 0 Å². The smallest absolute Gasteiger partial charge is 0.281 e. The molecule has 0 aliphatic heterocycles. The molecule has 0 spiro atoms. The van der Waals surface area contributed by atoms with Crippen molar-refractivity contribution in [3.8, 4) is 5.75 Å². The number of aryl methyl sites for hydroxylation is 1. The van der Waals surface area contributed by atoms with Gasteiger partial charge in [0.15, 0.2) is 6.61 Å². The third kappa shape index (κ3) is 4.79. The molecule has 128 valence electrons. The molecule has 0 saturated heterocycles. The number of hydrogen-bond acceptors (Lipinski definition) is 5. The van der Waals surface area contributed by atoms with Gasteiger partial charge >= 0.3 is 0 Å². The van der Waals surface area contributed by atoms with Crippen molar-refractivity contribution in [1.82, 2.24) is 15.8 Å². The van der Waals surface area contributed by atoms with Gasteiger partial charge in [-0.15, -0.1) is 11.3 Å². The number of hydrogen-bond donors (Lipinski definition) is 2. The Bertz CT molecular complexity index is 717. The van der Waals surface area contributed by atoms with Gasteiger partial charge in [0.1, 0.15) is 10.6 Å². The van der Waals surface area contributed by atoms with Crippen LogP contribution in [0.5, 0.6) is 5.75 Å². The van der Waals surface area contributed by atoms with Crippen LogP contribution in [0.15, 0.2) is 29.8 Å². The summed E-state index contributed by atoms with van der Waals surface area (Å²) in [6, 6.07) is 7.60. The van der Waals surface area contributed by atoms with Crippen molar-refractivity contribution in [2.45, 2.75) is 33.1 Å². The Labute approximate surface area is 145 Å². The molecule has 24 heavy (non-hydrogen) atoms. The highest BCUT2D eigenvalue weighted by atomic mass is 32.1. The molecule has 0 radical (unpaired) electrons. The minimum Gasteiger partial charge on any atom is -0.484 e. The van der Waals surface area contributed by atoms with E-state index in [1.807, 2.05) is 24.3 Å². The summed E-state index contributed by atoms with van der Waals surface area (Å²) in [5, 5.41) is 0. The number of rotatable bonds is 4. The summed E-state index contributed by atoms with van der Waals surface area (Å²) < 4.78 is 5.41. The predicted octanol–water partition coefficient (Wildman–Crippen LogP) is 2.59. The first-order chi connectivity index (χ1) is 11.3. The van der Waals surface area contributed by atoms with Crippen LogP contribution in [0.1, 0.15) is 41.7 Å². The Morgan fingerprint density at radius 3 is 2.38 bits per heavy atom. The van der Waals surface area contributed by atoms with Crippen molar-refractivity contribution in [3.05, 3.63) is 45.9 Å². The highest BCUT2D eigenvalue weighted by Gasteiger charge is 2.14. The minimum atomic E-state index is -0.439. The molecule has 2 N–H and O–H groups in total. The molecule has 0 atom stereocenters. The number of amides is 2. The molecule has 1 heterocycles. The molecule has 0 aliphatic carbocycles. The van der Waals surface area contributed by atoms with Crippen LogP contribution in [-0.4, -0.2) is 23.4 Å². The number of carbonyl (C=O) groups excluding carboxylic acids is 2. The topological polar surface area (TPSA) is 80.3 Å². The van der Waals surface area contributed by atoms with Gasteiger partial charge in [0.2, 0.25) is 0 Å². The second kappa shape index (κ2) is 7.44. The number of ether oxygens (including phenoxy) is 1. The lowest BCUT2D eigenvalue weighted by atomic mass is 9.87. The van der Waals surface area contributed by atoms with Crippen LogP contribution in [0.4, 0.5) is 0 Å². The lowest BCUT2D eigenvalue weighted by molar-refractivity contribution is -0.123. The Balaban J connectivity index is 1.79. The van der Waals surface area contributed by atoms with Gasteiger partial charge in [-0.1, -0.05) is 32.9 Å². The van der Waals surface area contributed by atoms with E-state index in [0.29, 0.717) is 16.3 Å². The van der Waals surface area contributed by atoms with E-state index in [4.69, 9.17) is 4.74 Å². The maximum atomic E-state index is 11.8. The molecule has 7 heteroatoms. The lowest BCUT2D eigenvalue weighted by Gasteiger charge is -2.19. The number of thiazole rings is 1. The molecule has 1 aromatic carbocycles. The number of aromatic nitrogens is 1. The summed E-state index contributed by atoms with van der Waals surface area (Å²) in [5.41, 5.74) is 8.12. The lowest BCUT2D eigenvalue weighted by Crippen LogP contribution is -2.43. The molecule has 1 aromatic heterocycles. The van der Waals surface area contributed by atoms with Gasteiger partial charge in [-0.05, 0) is 30.0 Å². The van der Waals surface area contributed by atoms with E-state index in [1.54, 1.807) is 12.4 Å². The number of carbonyl (C=O) groups is 2. The van der Waals surface area contributed by atoms with Gasteiger partial charge < -0.3 is 4.74 Å². The van der Waals surface area contributed by atoms with Crippen LogP contribution < -0.4 is 15.6 Å². The summed E-state index contributed by atoms with van der Waals surface area (Å²) in [4.78, 5) is 28.0. The Hall–Kier alpha value is -2.41. The predicted molar refractivity (Wildman–Crippen MR) is 93.1 cm³/mol. The van der Waals surface area contributed by atoms with Gasteiger partial charge in [-0.25, -0.2) is 4.98 Å². The third-order valence-electron chi connectivity index (χ3n) is 3.36. The third-order valence-corrected chi connectivity index (χ3v) is 4.28. The normalized spacial score (nSPS) is 11.0. The standard InChI is InChI=1S/C17H21N3O3S/c1-11-15(24-10-18-11)16(22)20-19-14(21)9-23-13-7-5-12(6-8-13)17(2,3)4/h5-8,10H,9H2,1-4H3,(H,19,21)(H,20,22). The van der Waals surface area contributed by atoms with E-state index in [9.17, 15) is 9.59 Å². The maximum absolute atomic E-state index is 11.8. The molecule has 2 aromatic rings. The zero-order chi connectivity index (χ0) is 17.7. The zero-order valence-electron chi connectivity index (χ0n) is 14.2. The van der Waals surface area contributed by atoms with E-state index in [0.717, 1.165) is 0 Å². The van der Waals surface area contributed by atoms with Crippen molar-refractivity contribution in [2.24, 2.45) is 0 Å². The Morgan fingerprint density at radius 2 is 1.83 bits per heavy atom. The van der Waals surface area contributed by atoms with Gasteiger partial charge in [-0.3, -0.25) is 20.4 Å². The SMILES string of the molecule is Cc1ncsc1C(=O)NNC(=O)COc1ccc(C(C)(C)C)cc1. The fourth-order valence-electron chi connectivity index (χ4n) is 1.94. The second-order valence-electron chi connectivity index (χ2n) is 6.33. The molecule has 6 nitrogen and oxygen atoms in total. The largest absolute Gasteiger partial charge is 0.484 e. The van der Waals surface area contributed by atoms with Crippen LogP contribution >= 0.6 is 11.3 Å². The fraction of sp³-hybridized carbons (Fsp3) is 0.353. The minimum absolute atomic E-state index is 0.0645. The highest BCUT2D eigenvalue weighted by Crippen LogP contribution is 2.24. The summed E-state index contributed by atoms with van der Waals surface area (Å²) >= 11 is 1.22. The monoisotopic (exact) mass is 347 g/mol. The molecule has 0 saturated carbocycles. The van der Waals surface area contributed by atoms with E-state index in [-0.39, 0.29) is 12.0 Å². The molecule has 0 aliphatic rings. The summed E-state index contributed by atoms with van der Waals surface area (Å²) in [7, 11) is 0. The van der Waals surface area contributed by atoms with E-state index in [2.05, 4.69) is 36.6 Å². The van der Waals surface area contributed by atoms with Gasteiger partial charge in [0, 0.05) is 0 Å². The average Bonchev–Trinajstić information content (AvgIpc) is 2.96. The van der Waals surface area contributed by atoms with Gasteiger partial charge in [0.05, 0.1) is 11.2 Å². The van der Waals surface area contributed by atoms with Crippen LogP contribution in [0.25, 0.3) is 0 Å². The number of hydrazine groups is 1. The summed E-state index contributed by atoms with van der Waals surface area (Å²) in [6.07, 6.45) is 0. The molecule has 0 unspecified atom stereocenters. The van der Waals surface area contributed by atoms with Crippen LogP contribution in [0.2, 0.25) is 0 Å². The van der Waals surface area contributed by atoms with Crippen LogP contribution in [0.3, 0.4) is 0 Å². The van der Waals surface area contributed by atoms with E-state index < -0.39 is 11.8 Å². The van der Waals surface area contributed by atoms with Crippen LogP contribution in [0, 0.1) is 6.92 Å². The van der Waals surface area contributed by atoms with Crippen molar-refractivity contribution >= 4 is 23.2 Å². The second-order valence-corrected chi connectivity index (χ2v) is 7.19. The molecule has 0 bridgehead atoms. The summed E-state index contributed by atoms with van der Waals surface area (Å²) in [6.45, 7) is 7.94. The maximum Gasteiger partial charge on any atom is 0.281 e. The van der Waals surface area contributed by atoms with Crippen LogP contribution in [-0.2, 0) is 10.2 Å². The summed E-state index contributed by atoms with van der Waals surface area (Å²) in [5.74, 6) is -0.230. The molecular formula is C17H21N3O3S. The first kappa shape index (κ1) is 17.9. The molecule has 2 amide bonds. The molecule has 0 fully saturated rings. The first-order valence-corrected chi connectivity index (χ1v) is 8.38.